The predicted molar refractivity (Wildman–Crippen MR) is 110 cm³/mol. The standard InChI is InChI=1S/C22H23F2N3O4/c1-13-4-3-5-16(10-26(13)2)27-11-17(20(29)21(30)19(27)12-28)22(31)25-9-14-6-7-15(23)8-18(14)24/h3-4,6-8,11-13,16,30H,5,9-10H2,1-2H3,(H,25,31)/t13?,16-/m0/s1. The maximum absolute atomic E-state index is 13.8. The number of carbonyl (C=O) groups excluding carboxylic acids is 2. The van der Waals surface area contributed by atoms with Crippen LogP contribution in [0.4, 0.5) is 8.78 Å². The Morgan fingerprint density at radius 2 is 2.10 bits per heavy atom. The largest absolute Gasteiger partial charge is 0.503 e. The summed E-state index contributed by atoms with van der Waals surface area (Å²) < 4.78 is 28.3. The fourth-order valence-electron chi connectivity index (χ4n) is 3.50. The van der Waals surface area contributed by atoms with E-state index in [-0.39, 0.29) is 35.4 Å². The average Bonchev–Trinajstić information content (AvgIpc) is 2.89. The van der Waals surface area contributed by atoms with Crippen molar-refractivity contribution in [3.63, 3.8) is 0 Å². The average molecular weight is 431 g/mol. The van der Waals surface area contributed by atoms with Crippen molar-refractivity contribution in [1.29, 1.82) is 0 Å². The molecule has 9 heteroatoms. The summed E-state index contributed by atoms with van der Waals surface area (Å²) in [5, 5.41) is 12.7. The molecule has 2 heterocycles. The zero-order chi connectivity index (χ0) is 22.7. The Hall–Kier alpha value is -3.33. The molecule has 1 unspecified atom stereocenters. The number of nitrogens with zero attached hydrogens (tertiary/aromatic N) is 2. The maximum atomic E-state index is 13.8. The number of halogens is 2. The topological polar surface area (TPSA) is 91.6 Å². The van der Waals surface area contributed by atoms with Crippen molar-refractivity contribution in [2.24, 2.45) is 0 Å². The molecule has 31 heavy (non-hydrogen) atoms. The van der Waals surface area contributed by atoms with Crippen molar-refractivity contribution in [2.45, 2.75) is 32.0 Å². The van der Waals surface area contributed by atoms with Gasteiger partial charge in [-0.1, -0.05) is 18.2 Å². The van der Waals surface area contributed by atoms with Crippen LogP contribution in [0, 0.1) is 11.6 Å². The van der Waals surface area contributed by atoms with Gasteiger partial charge in [-0.3, -0.25) is 19.3 Å². The molecule has 1 aromatic heterocycles. The zero-order valence-electron chi connectivity index (χ0n) is 17.1. The third kappa shape index (κ3) is 4.72. The van der Waals surface area contributed by atoms with Crippen molar-refractivity contribution in [1.82, 2.24) is 14.8 Å². The van der Waals surface area contributed by atoms with Crippen LogP contribution < -0.4 is 10.7 Å². The minimum absolute atomic E-state index is 0.0355. The number of nitrogens with one attached hydrogen (secondary N) is 1. The first-order valence-corrected chi connectivity index (χ1v) is 9.75. The fraction of sp³-hybridized carbons (Fsp3) is 0.318. The van der Waals surface area contributed by atoms with Crippen LogP contribution in [-0.4, -0.2) is 46.4 Å². The number of carbonyl (C=O) groups is 2. The lowest BCUT2D eigenvalue weighted by atomic mass is 10.1. The van der Waals surface area contributed by atoms with E-state index in [1.807, 2.05) is 31.0 Å². The van der Waals surface area contributed by atoms with E-state index in [2.05, 4.69) is 5.32 Å². The van der Waals surface area contributed by atoms with Gasteiger partial charge < -0.3 is 15.0 Å². The monoisotopic (exact) mass is 431 g/mol. The molecule has 1 amide bonds. The van der Waals surface area contributed by atoms with E-state index < -0.39 is 28.7 Å². The van der Waals surface area contributed by atoms with Gasteiger partial charge in [0.05, 0.1) is 6.04 Å². The molecule has 2 aromatic rings. The van der Waals surface area contributed by atoms with Crippen LogP contribution in [0.3, 0.4) is 0 Å². The molecular formula is C22H23F2N3O4. The summed E-state index contributed by atoms with van der Waals surface area (Å²) in [6.07, 6.45) is 6.10. The van der Waals surface area contributed by atoms with Crippen LogP contribution in [0.5, 0.6) is 5.75 Å². The summed E-state index contributed by atoms with van der Waals surface area (Å²) in [5.41, 5.74) is -1.56. The SMILES string of the molecule is CC1C=CC[C@H](n2cc(C(=O)NCc3ccc(F)cc3F)c(=O)c(O)c2C=O)CN1C. The first-order valence-electron chi connectivity index (χ1n) is 9.75. The van der Waals surface area contributed by atoms with Gasteiger partial charge in [0.1, 0.15) is 22.9 Å². The molecule has 164 valence electrons. The predicted octanol–water partition coefficient (Wildman–Crippen LogP) is 2.40. The van der Waals surface area contributed by atoms with Crippen LogP contribution in [0.1, 0.15) is 45.8 Å². The van der Waals surface area contributed by atoms with E-state index >= 15 is 0 Å². The molecule has 0 saturated heterocycles. The maximum Gasteiger partial charge on any atom is 0.257 e. The molecule has 0 fully saturated rings. The number of rotatable bonds is 5. The lowest BCUT2D eigenvalue weighted by Crippen LogP contribution is -2.35. The second-order valence-corrected chi connectivity index (χ2v) is 7.55. The highest BCUT2D eigenvalue weighted by atomic mass is 19.1. The fourth-order valence-corrected chi connectivity index (χ4v) is 3.50. The highest BCUT2D eigenvalue weighted by Crippen LogP contribution is 2.24. The van der Waals surface area contributed by atoms with Gasteiger partial charge in [0, 0.05) is 37.0 Å². The first-order chi connectivity index (χ1) is 14.7. The number of aromatic hydroxyl groups is 1. The van der Waals surface area contributed by atoms with Crippen molar-refractivity contribution in [3.05, 3.63) is 75.2 Å². The quantitative estimate of drug-likeness (QED) is 0.560. The first kappa shape index (κ1) is 22.4. The lowest BCUT2D eigenvalue weighted by molar-refractivity contribution is 0.0946. The van der Waals surface area contributed by atoms with Crippen LogP contribution in [-0.2, 0) is 6.54 Å². The number of aromatic nitrogens is 1. The van der Waals surface area contributed by atoms with Gasteiger partial charge in [0.2, 0.25) is 5.43 Å². The Bertz CT molecular complexity index is 1100. The van der Waals surface area contributed by atoms with Crippen molar-refractivity contribution < 1.29 is 23.5 Å². The number of aldehydes is 1. The van der Waals surface area contributed by atoms with Crippen LogP contribution >= 0.6 is 0 Å². The van der Waals surface area contributed by atoms with E-state index in [1.54, 1.807) is 0 Å². The second kappa shape index (κ2) is 9.22. The summed E-state index contributed by atoms with van der Waals surface area (Å²) in [6, 6.07) is 2.78. The van der Waals surface area contributed by atoms with Gasteiger partial charge in [0.25, 0.3) is 5.91 Å². The Labute approximate surface area is 177 Å². The van der Waals surface area contributed by atoms with Gasteiger partial charge in [-0.25, -0.2) is 8.78 Å². The Balaban J connectivity index is 1.93. The van der Waals surface area contributed by atoms with Gasteiger partial charge in [-0.2, -0.15) is 0 Å². The van der Waals surface area contributed by atoms with Gasteiger partial charge in [-0.15, -0.1) is 0 Å². The summed E-state index contributed by atoms with van der Waals surface area (Å²) in [4.78, 5) is 38.8. The van der Waals surface area contributed by atoms with Crippen molar-refractivity contribution >= 4 is 12.2 Å². The number of pyridine rings is 1. The molecule has 0 aliphatic carbocycles. The molecule has 1 aliphatic rings. The highest BCUT2D eigenvalue weighted by Gasteiger charge is 2.25. The number of hydrogen-bond acceptors (Lipinski definition) is 5. The zero-order valence-corrected chi connectivity index (χ0v) is 17.1. The van der Waals surface area contributed by atoms with E-state index in [9.17, 15) is 28.3 Å². The molecule has 1 aliphatic heterocycles. The third-order valence-electron chi connectivity index (χ3n) is 5.47. The summed E-state index contributed by atoms with van der Waals surface area (Å²) in [6.45, 7) is 2.24. The summed E-state index contributed by atoms with van der Waals surface area (Å²) in [5.74, 6) is -3.25. The van der Waals surface area contributed by atoms with Gasteiger partial charge >= 0.3 is 0 Å². The Kier molecular flexibility index (Phi) is 6.65. The number of hydrogen-bond donors (Lipinski definition) is 2. The normalized spacial score (nSPS) is 19.1. The van der Waals surface area contributed by atoms with E-state index in [1.165, 1.54) is 16.8 Å². The number of allylic oxidation sites excluding steroid dienone is 1. The molecule has 3 rings (SSSR count). The third-order valence-corrected chi connectivity index (χ3v) is 5.47. The van der Waals surface area contributed by atoms with Crippen LogP contribution in [0.15, 0.2) is 41.3 Å². The van der Waals surface area contributed by atoms with E-state index in [0.717, 1.165) is 6.07 Å². The molecule has 0 saturated carbocycles. The summed E-state index contributed by atoms with van der Waals surface area (Å²) >= 11 is 0. The molecular weight excluding hydrogens is 408 g/mol. The minimum atomic E-state index is -0.999. The van der Waals surface area contributed by atoms with Crippen molar-refractivity contribution in [3.8, 4) is 5.75 Å². The number of amides is 1. The van der Waals surface area contributed by atoms with Crippen LogP contribution in [0.25, 0.3) is 0 Å². The minimum Gasteiger partial charge on any atom is -0.503 e. The van der Waals surface area contributed by atoms with E-state index in [0.29, 0.717) is 25.3 Å². The Morgan fingerprint density at radius 3 is 2.77 bits per heavy atom. The van der Waals surface area contributed by atoms with E-state index in [4.69, 9.17) is 0 Å². The van der Waals surface area contributed by atoms with Crippen LogP contribution in [0.2, 0.25) is 0 Å². The molecule has 0 radical (unpaired) electrons. The molecule has 1 aromatic carbocycles. The molecule has 2 N–H and O–H groups in total. The molecule has 0 spiro atoms. The number of likely N-dealkylation sites (N-methyl/N-ethyl adjacent to an activating group) is 1. The highest BCUT2D eigenvalue weighted by molar-refractivity contribution is 5.95. The lowest BCUT2D eigenvalue weighted by Gasteiger charge is -2.27. The van der Waals surface area contributed by atoms with Gasteiger partial charge in [-0.05, 0) is 26.5 Å². The molecule has 0 bridgehead atoms. The van der Waals surface area contributed by atoms with Gasteiger partial charge in [0.15, 0.2) is 12.0 Å². The Morgan fingerprint density at radius 1 is 1.35 bits per heavy atom. The second-order valence-electron chi connectivity index (χ2n) is 7.55. The summed E-state index contributed by atoms with van der Waals surface area (Å²) in [7, 11) is 1.90. The molecule has 2 atom stereocenters. The van der Waals surface area contributed by atoms with Crippen molar-refractivity contribution in [2.75, 3.05) is 13.6 Å². The smallest absolute Gasteiger partial charge is 0.257 e. The molecule has 7 nitrogen and oxygen atoms in total. The number of benzene rings is 1.